The van der Waals surface area contributed by atoms with E-state index in [1.807, 2.05) is 0 Å². The number of aromatic nitrogens is 2. The fourth-order valence-electron chi connectivity index (χ4n) is 1.24. The summed E-state index contributed by atoms with van der Waals surface area (Å²) in [4.78, 5) is 6.35. The maximum Gasteiger partial charge on any atom is 0.451 e. The molecule has 1 aromatic heterocycles. The van der Waals surface area contributed by atoms with Gasteiger partial charge in [0.2, 0.25) is 11.7 Å². The lowest BCUT2D eigenvalue weighted by atomic mass is 10.3. The molecule has 0 saturated heterocycles. The van der Waals surface area contributed by atoms with E-state index in [1.165, 1.54) is 12.1 Å². The van der Waals surface area contributed by atoms with E-state index in [2.05, 4.69) is 25.9 Å². The van der Waals surface area contributed by atoms with E-state index in [0.29, 0.717) is 4.47 Å². The van der Waals surface area contributed by atoms with Gasteiger partial charge in [0.25, 0.3) is 0 Å². The van der Waals surface area contributed by atoms with Crippen molar-refractivity contribution >= 4 is 39.1 Å². The standard InChI is InChI=1S/C11H4BrCl2F3N2O/c12-5-1-2-6(13)7(3-5)20-9-4-8(14)18-10(19-9)11(15,16)17/h1-4H. The van der Waals surface area contributed by atoms with Crippen molar-refractivity contribution in [1.82, 2.24) is 9.97 Å². The molecule has 9 heteroatoms. The Balaban J connectivity index is 2.39. The van der Waals surface area contributed by atoms with Gasteiger partial charge in [-0.2, -0.15) is 18.2 Å². The molecule has 0 atom stereocenters. The molecule has 0 aliphatic heterocycles. The van der Waals surface area contributed by atoms with Gasteiger partial charge in [-0.3, -0.25) is 0 Å². The molecule has 0 N–H and O–H groups in total. The molecule has 0 spiro atoms. The number of benzene rings is 1. The Morgan fingerprint density at radius 3 is 2.45 bits per heavy atom. The summed E-state index contributed by atoms with van der Waals surface area (Å²) in [5, 5.41) is -0.162. The second-order valence-electron chi connectivity index (χ2n) is 3.53. The van der Waals surface area contributed by atoms with Crippen molar-refractivity contribution in [2.75, 3.05) is 0 Å². The Labute approximate surface area is 129 Å². The first kappa shape index (κ1) is 15.3. The molecule has 2 rings (SSSR count). The van der Waals surface area contributed by atoms with E-state index in [1.54, 1.807) is 6.07 Å². The third-order valence-electron chi connectivity index (χ3n) is 2.03. The highest BCUT2D eigenvalue weighted by Gasteiger charge is 2.35. The van der Waals surface area contributed by atoms with Gasteiger partial charge < -0.3 is 4.74 Å². The highest BCUT2D eigenvalue weighted by Crippen LogP contribution is 2.34. The number of halogens is 6. The zero-order valence-electron chi connectivity index (χ0n) is 9.38. The lowest BCUT2D eigenvalue weighted by Gasteiger charge is -2.10. The zero-order valence-corrected chi connectivity index (χ0v) is 12.5. The number of hydrogen-bond donors (Lipinski definition) is 0. The van der Waals surface area contributed by atoms with Gasteiger partial charge in [-0.1, -0.05) is 39.1 Å². The summed E-state index contributed by atoms with van der Waals surface area (Å²) >= 11 is 14.6. The highest BCUT2D eigenvalue weighted by atomic mass is 79.9. The molecule has 20 heavy (non-hydrogen) atoms. The van der Waals surface area contributed by atoms with E-state index in [9.17, 15) is 13.2 Å². The van der Waals surface area contributed by atoms with Crippen LogP contribution in [0.15, 0.2) is 28.7 Å². The van der Waals surface area contributed by atoms with E-state index in [-0.39, 0.29) is 21.8 Å². The summed E-state index contributed by atoms with van der Waals surface area (Å²) in [5.41, 5.74) is 0. The van der Waals surface area contributed by atoms with Crippen LogP contribution in [0.5, 0.6) is 11.6 Å². The summed E-state index contributed by atoms with van der Waals surface area (Å²) in [6.07, 6.45) is -4.72. The Morgan fingerprint density at radius 1 is 1.10 bits per heavy atom. The normalized spacial score (nSPS) is 11.5. The molecule has 0 aliphatic carbocycles. The van der Waals surface area contributed by atoms with Crippen molar-refractivity contribution in [2.45, 2.75) is 6.18 Å². The number of ether oxygens (including phenoxy) is 1. The SMILES string of the molecule is FC(F)(F)c1nc(Cl)cc(Oc2cc(Br)ccc2Cl)n1. The second-order valence-corrected chi connectivity index (χ2v) is 5.24. The number of nitrogens with zero attached hydrogens (tertiary/aromatic N) is 2. The van der Waals surface area contributed by atoms with Gasteiger partial charge in [0, 0.05) is 10.5 Å². The van der Waals surface area contributed by atoms with Crippen LogP contribution in [-0.2, 0) is 6.18 Å². The van der Waals surface area contributed by atoms with Crippen LogP contribution in [0.25, 0.3) is 0 Å². The van der Waals surface area contributed by atoms with Gasteiger partial charge >= 0.3 is 6.18 Å². The van der Waals surface area contributed by atoms with Gasteiger partial charge in [0.1, 0.15) is 10.9 Å². The fourth-order valence-corrected chi connectivity index (χ4v) is 1.91. The first-order chi connectivity index (χ1) is 9.25. The van der Waals surface area contributed by atoms with Crippen LogP contribution in [0.3, 0.4) is 0 Å². The van der Waals surface area contributed by atoms with Crippen LogP contribution in [-0.4, -0.2) is 9.97 Å². The Morgan fingerprint density at radius 2 is 1.80 bits per heavy atom. The molecule has 0 aliphatic rings. The van der Waals surface area contributed by atoms with Crippen molar-refractivity contribution < 1.29 is 17.9 Å². The molecule has 0 saturated carbocycles. The van der Waals surface area contributed by atoms with Crippen molar-refractivity contribution in [3.63, 3.8) is 0 Å². The minimum absolute atomic E-state index is 0.143. The van der Waals surface area contributed by atoms with Crippen LogP contribution in [0.2, 0.25) is 10.2 Å². The summed E-state index contributed by atoms with van der Waals surface area (Å²) in [7, 11) is 0. The van der Waals surface area contributed by atoms with Crippen molar-refractivity contribution in [3.8, 4) is 11.6 Å². The zero-order chi connectivity index (χ0) is 14.9. The monoisotopic (exact) mass is 386 g/mol. The van der Waals surface area contributed by atoms with E-state index in [0.717, 1.165) is 6.07 Å². The minimum Gasteiger partial charge on any atom is -0.437 e. The van der Waals surface area contributed by atoms with Crippen molar-refractivity contribution in [3.05, 3.63) is 44.7 Å². The topological polar surface area (TPSA) is 35.0 Å². The summed E-state index contributed by atoms with van der Waals surface area (Å²) in [5.74, 6) is -1.59. The van der Waals surface area contributed by atoms with Crippen molar-refractivity contribution in [1.29, 1.82) is 0 Å². The van der Waals surface area contributed by atoms with E-state index in [4.69, 9.17) is 27.9 Å². The Kier molecular flexibility index (Phi) is 4.41. The van der Waals surface area contributed by atoms with Crippen LogP contribution < -0.4 is 4.74 Å². The summed E-state index contributed by atoms with van der Waals surface area (Å²) < 4.78 is 43.5. The smallest absolute Gasteiger partial charge is 0.437 e. The maximum absolute atomic E-state index is 12.6. The van der Waals surface area contributed by atoms with Crippen LogP contribution in [0.4, 0.5) is 13.2 Å². The molecule has 106 valence electrons. The van der Waals surface area contributed by atoms with Gasteiger partial charge in [0.05, 0.1) is 5.02 Å². The predicted octanol–water partition coefficient (Wildman–Crippen LogP) is 5.36. The second kappa shape index (κ2) is 5.75. The molecule has 0 amide bonds. The van der Waals surface area contributed by atoms with Gasteiger partial charge in [-0.05, 0) is 18.2 Å². The summed E-state index contributed by atoms with van der Waals surface area (Å²) in [6, 6.07) is 5.73. The quantitative estimate of drug-likeness (QED) is 0.651. The lowest BCUT2D eigenvalue weighted by molar-refractivity contribution is -0.145. The molecule has 0 bridgehead atoms. The largest absolute Gasteiger partial charge is 0.451 e. The van der Waals surface area contributed by atoms with Crippen molar-refractivity contribution in [2.24, 2.45) is 0 Å². The fraction of sp³-hybridized carbons (Fsp3) is 0.0909. The summed E-state index contributed by atoms with van der Waals surface area (Å²) in [6.45, 7) is 0. The molecule has 1 heterocycles. The molecule has 0 fully saturated rings. The Bertz CT molecular complexity index is 652. The van der Waals surface area contributed by atoms with E-state index >= 15 is 0 Å². The van der Waals surface area contributed by atoms with Crippen LogP contribution in [0, 0.1) is 0 Å². The highest BCUT2D eigenvalue weighted by molar-refractivity contribution is 9.10. The van der Waals surface area contributed by atoms with Crippen LogP contribution in [0.1, 0.15) is 5.82 Å². The Hall–Kier alpha value is -1.05. The average Bonchev–Trinajstić information content (AvgIpc) is 2.32. The average molecular weight is 388 g/mol. The molecule has 0 unspecified atom stereocenters. The first-order valence-electron chi connectivity index (χ1n) is 5.00. The first-order valence-corrected chi connectivity index (χ1v) is 6.55. The van der Waals surface area contributed by atoms with Gasteiger partial charge in [-0.25, -0.2) is 4.98 Å². The molecular formula is C11H4BrCl2F3N2O. The predicted molar refractivity (Wildman–Crippen MR) is 71.3 cm³/mol. The third-order valence-corrected chi connectivity index (χ3v) is 3.03. The molecular weight excluding hydrogens is 384 g/mol. The molecule has 3 nitrogen and oxygen atoms in total. The molecule has 1 aromatic carbocycles. The number of hydrogen-bond acceptors (Lipinski definition) is 3. The number of alkyl halides is 3. The van der Waals surface area contributed by atoms with Gasteiger partial charge in [0.15, 0.2) is 0 Å². The molecule has 2 aromatic rings. The molecule has 0 radical (unpaired) electrons. The minimum atomic E-state index is -4.72. The lowest BCUT2D eigenvalue weighted by Crippen LogP contribution is -2.11. The van der Waals surface area contributed by atoms with E-state index < -0.39 is 12.0 Å². The third kappa shape index (κ3) is 3.74. The van der Waals surface area contributed by atoms with Gasteiger partial charge in [-0.15, -0.1) is 0 Å². The van der Waals surface area contributed by atoms with Crippen LogP contribution >= 0.6 is 39.1 Å². The number of rotatable bonds is 2. The maximum atomic E-state index is 12.6.